The lowest BCUT2D eigenvalue weighted by molar-refractivity contribution is -0.384. The third kappa shape index (κ3) is 11.2. The molecule has 0 radical (unpaired) electrons. The molecule has 10 rings (SSSR count). The van der Waals surface area contributed by atoms with Gasteiger partial charge in [0.2, 0.25) is 5.88 Å². The standard InChI is InChI=1S/C54H64ClFN8O9S/c1-53(2)28-43(36-5-7-38(55)8-6-36)44-32-62-21-20-61(31-40(62)33-71-22-4-24-72-49(44)29-53)39-9-11-42(46(26-39)63-19-3-23-73-52-48(63)25-37-15-18-57-50(37)59-52)51(65)60-74(69,70)41-10-12-45(47(27-41)64(67)68)58-30-35-13-16-54(66,34-56)17-14-35/h5-12,15,18,25-27,35,40,49,58,66H,3-4,13-14,16-17,19-24,28-34H2,1-2H3,(H,57,59)(H,60,65)/t35?,40-,49+,54?/m0/s1. The summed E-state index contributed by atoms with van der Waals surface area (Å²) in [6, 6.07) is 20.8. The number of nitro groups is 1. The summed E-state index contributed by atoms with van der Waals surface area (Å²) in [5.74, 6) is -0.545. The molecule has 0 bridgehead atoms. The SMILES string of the molecule is CC1(C)CC(c2ccc(Cl)cc2)=C2CN3CCN(c4ccc(C(=O)NS(=O)(=O)c5ccc(NCC6CCC(O)(CF)CC6)c([N+](=O)[O-])c5)c(N5CCCOc6nc7[nH]ccc7cc65)c4)C[C@H]3COCCCO[C@@H]2C1. The number of sulfonamides is 1. The molecular formula is C54H64ClFN8O9S. The van der Waals surface area contributed by atoms with E-state index in [1.807, 2.05) is 41.3 Å². The van der Waals surface area contributed by atoms with Gasteiger partial charge in [-0.3, -0.25) is 19.8 Å². The molecule has 20 heteroatoms. The van der Waals surface area contributed by atoms with Crippen LogP contribution in [-0.4, -0.2) is 129 Å². The van der Waals surface area contributed by atoms with E-state index in [9.17, 15) is 32.8 Å². The number of pyridine rings is 1. The Kier molecular flexibility index (Phi) is 15.0. The van der Waals surface area contributed by atoms with Crippen molar-refractivity contribution in [1.29, 1.82) is 0 Å². The van der Waals surface area contributed by atoms with Crippen LogP contribution in [0.5, 0.6) is 5.88 Å². The van der Waals surface area contributed by atoms with Crippen LogP contribution in [0.4, 0.5) is 32.8 Å². The predicted octanol–water partition coefficient (Wildman–Crippen LogP) is 9.04. The summed E-state index contributed by atoms with van der Waals surface area (Å²) in [7, 11) is -4.67. The maximum Gasteiger partial charge on any atom is 0.293 e. The second-order valence-corrected chi connectivity index (χ2v) is 23.4. The van der Waals surface area contributed by atoms with Crippen molar-refractivity contribution in [2.75, 3.05) is 87.5 Å². The highest BCUT2D eigenvalue weighted by molar-refractivity contribution is 7.90. The summed E-state index contributed by atoms with van der Waals surface area (Å²) in [5.41, 5.74) is 4.59. The van der Waals surface area contributed by atoms with E-state index < -0.39 is 43.7 Å². The second kappa shape index (κ2) is 21.4. The first-order valence-corrected chi connectivity index (χ1v) is 27.5. The zero-order valence-corrected chi connectivity index (χ0v) is 43.4. The number of amides is 1. The summed E-state index contributed by atoms with van der Waals surface area (Å²) in [6.45, 7) is 9.19. The van der Waals surface area contributed by atoms with Gasteiger partial charge in [0.05, 0.1) is 52.0 Å². The van der Waals surface area contributed by atoms with Gasteiger partial charge in [-0.05, 0) is 134 Å². The second-order valence-electron chi connectivity index (χ2n) is 21.3. The van der Waals surface area contributed by atoms with Crippen LogP contribution >= 0.6 is 11.6 Å². The molecule has 5 heterocycles. The van der Waals surface area contributed by atoms with Crippen molar-refractivity contribution in [2.24, 2.45) is 11.3 Å². The molecule has 3 fully saturated rings. The Balaban J connectivity index is 0.950. The monoisotopic (exact) mass is 1050 g/mol. The summed E-state index contributed by atoms with van der Waals surface area (Å²) in [5, 5.41) is 27.2. The Morgan fingerprint density at radius 1 is 1.00 bits per heavy atom. The summed E-state index contributed by atoms with van der Waals surface area (Å²) in [4.78, 5) is 40.5. The van der Waals surface area contributed by atoms with E-state index in [1.54, 1.807) is 12.3 Å². The van der Waals surface area contributed by atoms with Gasteiger partial charge in [-0.15, -0.1) is 0 Å². The molecule has 5 aliphatic rings. The zero-order chi connectivity index (χ0) is 51.8. The largest absolute Gasteiger partial charge is 0.476 e. The quantitative estimate of drug-likeness (QED) is 0.0720. The van der Waals surface area contributed by atoms with E-state index in [0.717, 1.165) is 42.0 Å². The van der Waals surface area contributed by atoms with Crippen LogP contribution in [0.25, 0.3) is 16.6 Å². The van der Waals surface area contributed by atoms with Gasteiger partial charge in [-0.2, -0.15) is 4.98 Å². The highest BCUT2D eigenvalue weighted by Crippen LogP contribution is 2.46. The van der Waals surface area contributed by atoms with Crippen LogP contribution in [0.3, 0.4) is 0 Å². The maximum absolute atomic E-state index is 14.6. The molecule has 4 N–H and O–H groups in total. The van der Waals surface area contributed by atoms with Gasteiger partial charge in [-0.25, -0.2) is 17.5 Å². The Hall–Kier alpha value is -5.83. The van der Waals surface area contributed by atoms with Crippen molar-refractivity contribution in [3.8, 4) is 5.88 Å². The first-order valence-electron chi connectivity index (χ1n) is 25.6. The first-order chi connectivity index (χ1) is 35.5. The zero-order valence-electron chi connectivity index (χ0n) is 41.8. The summed E-state index contributed by atoms with van der Waals surface area (Å²) in [6.07, 6.45) is 6.49. The molecule has 2 saturated heterocycles. The number of fused-ring (bicyclic) bond motifs is 4. The number of carbonyl (C=O) groups excluding carboxylic acids is 1. The van der Waals surface area contributed by atoms with Crippen molar-refractivity contribution in [1.82, 2.24) is 19.6 Å². The molecule has 3 aliphatic heterocycles. The minimum absolute atomic E-state index is 0.00627. The van der Waals surface area contributed by atoms with Crippen LogP contribution in [0.15, 0.2) is 89.5 Å². The van der Waals surface area contributed by atoms with E-state index in [4.69, 9.17) is 30.8 Å². The molecular weight excluding hydrogens is 991 g/mol. The number of aromatic nitrogens is 2. The van der Waals surface area contributed by atoms with E-state index in [2.05, 4.69) is 50.8 Å². The smallest absolute Gasteiger partial charge is 0.293 e. The van der Waals surface area contributed by atoms with E-state index in [1.165, 1.54) is 23.3 Å². The number of allylic oxidation sites excluding steroid dienone is 1. The lowest BCUT2D eigenvalue weighted by Gasteiger charge is -2.45. The van der Waals surface area contributed by atoms with Crippen molar-refractivity contribution >= 4 is 72.6 Å². The van der Waals surface area contributed by atoms with Gasteiger partial charge >= 0.3 is 0 Å². The van der Waals surface area contributed by atoms with Crippen LogP contribution in [0, 0.1) is 21.4 Å². The summed E-state index contributed by atoms with van der Waals surface area (Å²) < 4.78 is 63.1. The molecule has 1 saturated carbocycles. The number of halogens is 2. The van der Waals surface area contributed by atoms with Gasteiger partial charge in [0.1, 0.15) is 23.7 Å². The maximum atomic E-state index is 14.6. The molecule has 1 amide bonds. The van der Waals surface area contributed by atoms with Crippen LogP contribution in [0.1, 0.15) is 81.1 Å². The molecule has 2 aromatic heterocycles. The number of aromatic amines is 1. The van der Waals surface area contributed by atoms with Crippen molar-refractivity contribution < 1.29 is 41.8 Å². The van der Waals surface area contributed by atoms with Gasteiger partial charge < -0.3 is 39.4 Å². The Morgan fingerprint density at radius 3 is 2.59 bits per heavy atom. The number of benzene rings is 3. The number of nitrogens with one attached hydrogen (secondary N) is 3. The molecule has 0 unspecified atom stereocenters. The van der Waals surface area contributed by atoms with Gasteiger partial charge in [0.15, 0.2) is 0 Å². The van der Waals surface area contributed by atoms with Crippen molar-refractivity contribution in [3.05, 3.63) is 111 Å². The predicted molar refractivity (Wildman–Crippen MR) is 283 cm³/mol. The summed E-state index contributed by atoms with van der Waals surface area (Å²) >= 11 is 6.37. The Labute approximate surface area is 435 Å². The first kappa shape index (κ1) is 51.6. The molecule has 394 valence electrons. The minimum Gasteiger partial charge on any atom is -0.476 e. The molecule has 2 atom stereocenters. The van der Waals surface area contributed by atoms with Gasteiger partial charge in [-0.1, -0.05) is 37.6 Å². The van der Waals surface area contributed by atoms with E-state index >= 15 is 0 Å². The third-order valence-corrected chi connectivity index (χ3v) is 17.0. The Morgan fingerprint density at radius 2 is 1.81 bits per heavy atom. The average molecular weight is 1060 g/mol. The van der Waals surface area contributed by atoms with E-state index in [0.29, 0.717) is 113 Å². The van der Waals surface area contributed by atoms with Crippen molar-refractivity contribution in [2.45, 2.75) is 87.9 Å². The number of alkyl halides is 1. The van der Waals surface area contributed by atoms with Crippen LogP contribution < -0.4 is 24.6 Å². The number of rotatable bonds is 11. The number of ether oxygens (including phenoxy) is 3. The molecule has 5 aromatic rings. The number of H-pyrrole nitrogens is 1. The highest BCUT2D eigenvalue weighted by Gasteiger charge is 2.39. The number of nitro benzene ring substituents is 1. The normalized spacial score (nSPS) is 23.9. The van der Waals surface area contributed by atoms with E-state index in [-0.39, 0.29) is 47.6 Å². The lowest BCUT2D eigenvalue weighted by Crippen LogP contribution is -2.56. The fourth-order valence-corrected chi connectivity index (χ4v) is 12.4. The molecule has 3 aromatic carbocycles. The van der Waals surface area contributed by atoms with Crippen molar-refractivity contribution in [3.63, 3.8) is 0 Å². The highest BCUT2D eigenvalue weighted by atomic mass is 35.5. The van der Waals surface area contributed by atoms with Gasteiger partial charge in [0, 0.05) is 80.8 Å². The molecule has 74 heavy (non-hydrogen) atoms. The number of hydrogen-bond donors (Lipinski definition) is 4. The number of hydrogen-bond acceptors (Lipinski definition) is 14. The van der Waals surface area contributed by atoms with Crippen LogP contribution in [0.2, 0.25) is 5.02 Å². The van der Waals surface area contributed by atoms with Crippen LogP contribution in [-0.2, 0) is 19.5 Å². The van der Waals surface area contributed by atoms with Gasteiger partial charge in [0.25, 0.3) is 21.6 Å². The fourth-order valence-electron chi connectivity index (χ4n) is 11.3. The molecule has 0 spiro atoms. The minimum atomic E-state index is -4.67. The fraction of sp³-hybridized carbons (Fsp3) is 0.481. The molecule has 2 aliphatic carbocycles. The average Bonchev–Trinajstić information content (AvgIpc) is 3.73. The number of piperazine rings is 1. The third-order valence-electron chi connectivity index (χ3n) is 15.4. The number of carbonyl (C=O) groups is 1. The molecule has 17 nitrogen and oxygen atoms in total. The number of anilines is 4. The lowest BCUT2D eigenvalue weighted by atomic mass is 9.71. The Bertz CT molecular complexity index is 3040. The number of aliphatic hydroxyl groups is 1. The number of nitrogens with zero attached hydrogens (tertiary/aromatic N) is 5. The topological polar surface area (TPSA) is 205 Å².